The van der Waals surface area contributed by atoms with Crippen molar-refractivity contribution in [2.75, 3.05) is 19.5 Å². The number of hydrogen-bond donors (Lipinski definition) is 4. The molecular formula is C22H23N7O4. The maximum Gasteiger partial charge on any atom is 0.326 e. The second kappa shape index (κ2) is 8.34. The molecule has 0 atom stereocenters. The average Bonchev–Trinajstić information content (AvgIpc) is 3.45. The monoisotopic (exact) mass is 449 g/mol. The average molecular weight is 449 g/mol. The smallest absolute Gasteiger partial charge is 0.326 e. The van der Waals surface area contributed by atoms with E-state index in [0.29, 0.717) is 40.2 Å². The number of para-hydroxylation sites is 1. The highest BCUT2D eigenvalue weighted by molar-refractivity contribution is 5.58. The Bertz CT molecular complexity index is 1500. The molecule has 1 saturated carbocycles. The molecule has 0 aliphatic heterocycles. The van der Waals surface area contributed by atoms with Gasteiger partial charge in [-0.25, -0.2) is 9.78 Å². The summed E-state index contributed by atoms with van der Waals surface area (Å²) in [6, 6.07) is 7.82. The molecule has 170 valence electrons. The van der Waals surface area contributed by atoms with E-state index in [1.165, 1.54) is 0 Å². The maximum absolute atomic E-state index is 11.5. The molecule has 4 N–H and O–H groups in total. The van der Waals surface area contributed by atoms with Crippen LogP contribution in [0.2, 0.25) is 0 Å². The number of anilines is 1. The molecule has 3 aromatic heterocycles. The molecule has 1 aromatic carbocycles. The maximum atomic E-state index is 11.5. The number of fused-ring (bicyclic) bond motifs is 1. The summed E-state index contributed by atoms with van der Waals surface area (Å²) >= 11 is 0. The number of H-pyrrole nitrogens is 2. The normalized spacial score (nSPS) is 14.7. The van der Waals surface area contributed by atoms with E-state index in [-0.39, 0.29) is 17.6 Å². The number of methoxy groups -OCH3 is 2. The molecule has 4 aromatic rings. The standard InChI is InChI=1S/C22H23N7O4/c1-32-16-5-3-4-12(19(16)33-2)10-23-17-9-18(25-14-6-7-14)29-20(27-17)13(11-24-29)8-15-21(30)28-22(31)26-15/h3-5,8-9,11,14,23,30H,6-7,10H2,1-2H3,(H2,26,28,31). The van der Waals surface area contributed by atoms with Gasteiger partial charge in [-0.05, 0) is 25.0 Å². The molecule has 33 heavy (non-hydrogen) atoms. The van der Waals surface area contributed by atoms with E-state index < -0.39 is 5.69 Å². The van der Waals surface area contributed by atoms with Crippen LogP contribution in [0.15, 0.2) is 40.2 Å². The molecule has 11 nitrogen and oxygen atoms in total. The number of nitrogens with one attached hydrogen (secondary N) is 3. The number of ether oxygens (including phenoxy) is 2. The minimum absolute atomic E-state index is 0.247. The lowest BCUT2D eigenvalue weighted by Crippen LogP contribution is -2.20. The Balaban J connectivity index is 1.57. The minimum Gasteiger partial charge on any atom is -0.493 e. The van der Waals surface area contributed by atoms with E-state index in [2.05, 4.69) is 20.4 Å². The van der Waals surface area contributed by atoms with Crippen LogP contribution >= 0.6 is 0 Å². The summed E-state index contributed by atoms with van der Waals surface area (Å²) < 4.78 is 12.6. The summed E-state index contributed by atoms with van der Waals surface area (Å²) in [5, 5.41) is 18.3. The van der Waals surface area contributed by atoms with E-state index >= 15 is 0 Å². The highest BCUT2D eigenvalue weighted by Gasteiger charge is 2.20. The predicted octanol–water partition coefficient (Wildman–Crippen LogP) is 0.691. The van der Waals surface area contributed by atoms with Crippen LogP contribution in [0.5, 0.6) is 17.4 Å². The summed E-state index contributed by atoms with van der Waals surface area (Å²) in [5.74, 6) is 1.66. The van der Waals surface area contributed by atoms with Gasteiger partial charge in [-0.1, -0.05) is 12.1 Å². The number of aromatic nitrogens is 5. The van der Waals surface area contributed by atoms with Crippen molar-refractivity contribution < 1.29 is 14.6 Å². The molecule has 1 aliphatic rings. The third-order valence-electron chi connectivity index (χ3n) is 5.32. The first-order valence-electron chi connectivity index (χ1n) is 10.4. The topological polar surface area (TPSA) is 142 Å². The molecule has 3 heterocycles. The van der Waals surface area contributed by atoms with E-state index in [9.17, 15) is 9.90 Å². The summed E-state index contributed by atoms with van der Waals surface area (Å²) in [5.41, 5.74) is 1.88. The molecule has 5 rings (SSSR count). The van der Waals surface area contributed by atoms with Crippen molar-refractivity contribution in [3.05, 3.63) is 62.9 Å². The van der Waals surface area contributed by atoms with Crippen molar-refractivity contribution in [3.63, 3.8) is 0 Å². The second-order valence-corrected chi connectivity index (χ2v) is 7.69. The summed E-state index contributed by atoms with van der Waals surface area (Å²) in [7, 11) is 3.21. The first kappa shape index (κ1) is 20.6. The SMILES string of the molecule is COc1cccc(CNc2cc(=NC3CC3)n3ncc(=Cc4[nH]c(=O)[nH]c4O)c3n2)c1OC. The zero-order chi connectivity index (χ0) is 22.9. The highest BCUT2D eigenvalue weighted by atomic mass is 16.5. The van der Waals surface area contributed by atoms with Crippen molar-refractivity contribution in [3.8, 4) is 17.4 Å². The van der Waals surface area contributed by atoms with E-state index in [1.807, 2.05) is 24.3 Å². The van der Waals surface area contributed by atoms with Gasteiger partial charge in [0.15, 0.2) is 22.6 Å². The number of benzene rings is 1. The van der Waals surface area contributed by atoms with Gasteiger partial charge in [-0.2, -0.15) is 9.61 Å². The second-order valence-electron chi connectivity index (χ2n) is 7.69. The fourth-order valence-corrected chi connectivity index (χ4v) is 3.57. The number of aromatic amines is 2. The van der Waals surface area contributed by atoms with Gasteiger partial charge >= 0.3 is 5.69 Å². The highest BCUT2D eigenvalue weighted by Crippen LogP contribution is 2.31. The van der Waals surface area contributed by atoms with Gasteiger partial charge in [0.2, 0.25) is 5.88 Å². The van der Waals surface area contributed by atoms with Crippen LogP contribution in [-0.2, 0) is 6.54 Å². The number of imidazole rings is 1. The van der Waals surface area contributed by atoms with Crippen molar-refractivity contribution in [1.82, 2.24) is 24.6 Å². The molecule has 0 radical (unpaired) electrons. The quantitative estimate of drug-likeness (QED) is 0.325. The van der Waals surface area contributed by atoms with Gasteiger partial charge in [0.05, 0.1) is 26.5 Å². The van der Waals surface area contributed by atoms with Crippen LogP contribution in [0.1, 0.15) is 24.1 Å². The lowest BCUT2D eigenvalue weighted by molar-refractivity contribution is 0.352. The number of aromatic hydroxyl groups is 1. The van der Waals surface area contributed by atoms with Gasteiger partial charge in [0, 0.05) is 23.4 Å². The zero-order valence-electron chi connectivity index (χ0n) is 18.1. The molecule has 0 saturated heterocycles. The van der Waals surface area contributed by atoms with Crippen LogP contribution in [-0.4, -0.2) is 49.9 Å². The Morgan fingerprint density at radius 2 is 2.15 bits per heavy atom. The van der Waals surface area contributed by atoms with Crippen molar-refractivity contribution in [1.29, 1.82) is 0 Å². The molecule has 0 unspecified atom stereocenters. The molecule has 1 fully saturated rings. The molecule has 11 heteroatoms. The Hall–Kier alpha value is -4.28. The lowest BCUT2D eigenvalue weighted by atomic mass is 10.2. The molecular weight excluding hydrogens is 426 g/mol. The third-order valence-corrected chi connectivity index (χ3v) is 5.32. The summed E-state index contributed by atoms with van der Waals surface area (Å²) in [6.07, 6.45) is 5.32. The molecule has 0 amide bonds. The van der Waals surface area contributed by atoms with E-state index in [1.54, 1.807) is 31.0 Å². The summed E-state index contributed by atoms with van der Waals surface area (Å²) in [4.78, 5) is 25.8. The predicted molar refractivity (Wildman–Crippen MR) is 120 cm³/mol. The summed E-state index contributed by atoms with van der Waals surface area (Å²) in [6.45, 7) is 0.450. The van der Waals surface area contributed by atoms with Crippen LogP contribution in [0.4, 0.5) is 5.82 Å². The fraction of sp³-hybridized carbons (Fsp3) is 0.273. The van der Waals surface area contributed by atoms with Gasteiger partial charge in [-0.3, -0.25) is 9.98 Å². The minimum atomic E-state index is -0.498. The van der Waals surface area contributed by atoms with E-state index in [0.717, 1.165) is 18.4 Å². The largest absolute Gasteiger partial charge is 0.493 e. The van der Waals surface area contributed by atoms with Crippen LogP contribution in [0.3, 0.4) is 0 Å². The van der Waals surface area contributed by atoms with Crippen LogP contribution in [0, 0.1) is 0 Å². The van der Waals surface area contributed by atoms with Gasteiger partial charge in [0.25, 0.3) is 0 Å². The van der Waals surface area contributed by atoms with Gasteiger partial charge < -0.3 is 24.9 Å². The van der Waals surface area contributed by atoms with Crippen molar-refractivity contribution >= 4 is 17.5 Å². The Kier molecular flexibility index (Phi) is 5.21. The van der Waals surface area contributed by atoms with Crippen LogP contribution in [0.25, 0.3) is 11.7 Å². The van der Waals surface area contributed by atoms with Gasteiger partial charge in [-0.15, -0.1) is 0 Å². The van der Waals surface area contributed by atoms with Crippen molar-refractivity contribution in [2.45, 2.75) is 25.4 Å². The number of nitrogens with zero attached hydrogens (tertiary/aromatic N) is 4. The zero-order valence-corrected chi connectivity index (χ0v) is 18.1. The third kappa shape index (κ3) is 4.12. The Labute approximate surface area is 187 Å². The Morgan fingerprint density at radius 3 is 2.85 bits per heavy atom. The Morgan fingerprint density at radius 1 is 1.30 bits per heavy atom. The van der Waals surface area contributed by atoms with Gasteiger partial charge in [0.1, 0.15) is 11.5 Å². The number of hydrogen-bond acceptors (Lipinski definition) is 8. The lowest BCUT2D eigenvalue weighted by Gasteiger charge is -2.13. The molecule has 0 bridgehead atoms. The van der Waals surface area contributed by atoms with Crippen molar-refractivity contribution in [2.24, 2.45) is 4.99 Å². The first-order valence-corrected chi connectivity index (χ1v) is 10.4. The number of rotatable bonds is 7. The molecule has 1 aliphatic carbocycles. The molecule has 0 spiro atoms. The van der Waals surface area contributed by atoms with Crippen LogP contribution < -0.4 is 31.2 Å². The van der Waals surface area contributed by atoms with E-state index in [4.69, 9.17) is 19.5 Å². The first-order chi connectivity index (χ1) is 16.1. The fourth-order valence-electron chi connectivity index (χ4n) is 3.57.